The summed E-state index contributed by atoms with van der Waals surface area (Å²) in [5.41, 5.74) is 0.250. The molecule has 0 saturated heterocycles. The number of unbranched alkanes of at least 4 members (excludes halogenated alkanes) is 5. The smallest absolute Gasteiger partial charge is 0.283 e. The molecule has 0 fully saturated rings. The minimum atomic E-state index is -1.86. The van der Waals surface area contributed by atoms with Gasteiger partial charge in [-0.3, -0.25) is 0 Å². The van der Waals surface area contributed by atoms with Crippen molar-refractivity contribution in [3.8, 4) is 0 Å². The number of hydrogen-bond acceptors (Lipinski definition) is 3. The van der Waals surface area contributed by atoms with Crippen LogP contribution in [-0.4, -0.2) is 25.3 Å². The van der Waals surface area contributed by atoms with Gasteiger partial charge in [0.25, 0.3) is 5.97 Å². The monoisotopic (exact) mass is 362 g/mol. The zero-order valence-corrected chi connectivity index (χ0v) is 15.3. The highest BCUT2D eigenvalue weighted by Crippen LogP contribution is 2.30. The van der Waals surface area contributed by atoms with E-state index in [1.54, 1.807) is 0 Å². The maximum Gasteiger partial charge on any atom is 0.283 e. The molecule has 1 aromatic rings. The summed E-state index contributed by atoms with van der Waals surface area (Å²) >= 11 is 0. The molecule has 0 aromatic heterocycles. The molecule has 0 spiro atoms. The first kappa shape index (κ1) is 21.9. The molecule has 1 aromatic carbocycles. The molecule has 0 aliphatic heterocycles. The van der Waals surface area contributed by atoms with E-state index in [-0.39, 0.29) is 12.0 Å². The van der Waals surface area contributed by atoms with E-state index >= 15 is 0 Å². The second-order valence-electron chi connectivity index (χ2n) is 6.37. The van der Waals surface area contributed by atoms with Crippen LogP contribution >= 0.6 is 0 Å². The summed E-state index contributed by atoms with van der Waals surface area (Å²) in [6, 6.07) is 1.89. The van der Waals surface area contributed by atoms with Crippen LogP contribution in [0.3, 0.4) is 0 Å². The maximum absolute atomic E-state index is 13.4. The Morgan fingerprint density at radius 2 is 1.48 bits per heavy atom. The molecule has 1 rings (SSSR count). The van der Waals surface area contributed by atoms with Gasteiger partial charge in [-0.15, -0.1) is 0 Å². The van der Waals surface area contributed by atoms with Gasteiger partial charge in [0.1, 0.15) is 0 Å². The molecule has 0 aliphatic rings. The maximum atomic E-state index is 13.4. The average molecular weight is 362 g/mol. The van der Waals surface area contributed by atoms with E-state index in [1.807, 2.05) is 0 Å². The summed E-state index contributed by atoms with van der Waals surface area (Å²) < 4.78 is 50.1. The molecule has 144 valence electrons. The Labute approximate surface area is 148 Å². The fourth-order valence-corrected chi connectivity index (χ4v) is 3.01. The van der Waals surface area contributed by atoms with Gasteiger partial charge < -0.3 is 14.6 Å². The van der Waals surface area contributed by atoms with Gasteiger partial charge in [-0.2, -0.15) is 0 Å². The van der Waals surface area contributed by atoms with E-state index in [0.29, 0.717) is 6.42 Å². The number of benzene rings is 1. The molecule has 1 atom stereocenters. The lowest BCUT2D eigenvalue weighted by atomic mass is 9.91. The van der Waals surface area contributed by atoms with Gasteiger partial charge in [-0.25, -0.2) is 13.2 Å². The predicted molar refractivity (Wildman–Crippen MR) is 90.5 cm³/mol. The molecular weight excluding hydrogens is 333 g/mol. The Morgan fingerprint density at radius 1 is 0.960 bits per heavy atom. The van der Waals surface area contributed by atoms with Crippen molar-refractivity contribution < 1.29 is 27.8 Å². The van der Waals surface area contributed by atoms with Crippen molar-refractivity contribution >= 4 is 0 Å². The molecular formula is C19H29F3O3. The fraction of sp³-hybridized carbons (Fsp3) is 0.684. The molecule has 0 aliphatic carbocycles. The molecule has 3 nitrogen and oxygen atoms in total. The Bertz CT molecular complexity index is 496. The van der Waals surface area contributed by atoms with Crippen molar-refractivity contribution in [3.63, 3.8) is 0 Å². The van der Waals surface area contributed by atoms with Crippen LogP contribution in [0.2, 0.25) is 0 Å². The number of methoxy groups -OCH3 is 2. The summed E-state index contributed by atoms with van der Waals surface area (Å²) in [5.74, 6) is -6.37. The van der Waals surface area contributed by atoms with Crippen LogP contribution < -0.4 is 0 Å². The van der Waals surface area contributed by atoms with E-state index in [4.69, 9.17) is 9.47 Å². The van der Waals surface area contributed by atoms with E-state index in [0.717, 1.165) is 44.2 Å². The summed E-state index contributed by atoms with van der Waals surface area (Å²) in [6.07, 6.45) is 7.11. The van der Waals surface area contributed by atoms with Crippen molar-refractivity contribution in [2.45, 2.75) is 64.3 Å². The Kier molecular flexibility index (Phi) is 9.46. The highest BCUT2D eigenvalue weighted by molar-refractivity contribution is 5.20. The Balaban J connectivity index is 2.78. The third kappa shape index (κ3) is 6.60. The van der Waals surface area contributed by atoms with Crippen LogP contribution in [0, 0.1) is 23.4 Å². The van der Waals surface area contributed by atoms with Gasteiger partial charge in [0.2, 0.25) is 0 Å². The molecule has 0 radical (unpaired) electrons. The average Bonchev–Trinajstić information content (AvgIpc) is 2.60. The first-order valence-corrected chi connectivity index (χ1v) is 8.84. The van der Waals surface area contributed by atoms with Gasteiger partial charge >= 0.3 is 0 Å². The SMILES string of the molecule is CCCCCCCCC(Cc1cc(F)c(F)c(F)c1)C(O)(OC)OC. The van der Waals surface area contributed by atoms with Crippen molar-refractivity contribution in [2.75, 3.05) is 14.2 Å². The number of rotatable bonds is 12. The lowest BCUT2D eigenvalue weighted by Gasteiger charge is -2.33. The van der Waals surface area contributed by atoms with Crippen LogP contribution in [0.1, 0.15) is 57.4 Å². The number of halogens is 3. The van der Waals surface area contributed by atoms with Gasteiger partial charge in [0.15, 0.2) is 17.5 Å². The Morgan fingerprint density at radius 3 is 2.00 bits per heavy atom. The minimum Gasteiger partial charge on any atom is -0.343 e. The van der Waals surface area contributed by atoms with Gasteiger partial charge in [-0.1, -0.05) is 45.4 Å². The molecule has 1 N–H and O–H groups in total. The molecule has 0 heterocycles. The summed E-state index contributed by atoms with van der Waals surface area (Å²) in [6.45, 7) is 2.15. The molecule has 0 saturated carbocycles. The highest BCUT2D eigenvalue weighted by atomic mass is 19.2. The van der Waals surface area contributed by atoms with Crippen LogP contribution in [-0.2, 0) is 15.9 Å². The van der Waals surface area contributed by atoms with Crippen LogP contribution in [0.15, 0.2) is 12.1 Å². The van der Waals surface area contributed by atoms with Gasteiger partial charge in [0.05, 0.1) is 0 Å². The summed E-state index contributed by atoms with van der Waals surface area (Å²) in [5, 5.41) is 10.5. The van der Waals surface area contributed by atoms with E-state index in [2.05, 4.69) is 6.92 Å². The standard InChI is InChI=1S/C19H29F3O3/c1-4-5-6-7-8-9-10-15(19(23,24-2)25-3)11-14-12-16(20)18(22)17(21)13-14/h12-13,15,23H,4-11H2,1-3H3. The summed E-state index contributed by atoms with van der Waals surface area (Å²) in [4.78, 5) is 0. The zero-order valence-electron chi connectivity index (χ0n) is 15.3. The number of ether oxygens (including phenoxy) is 2. The van der Waals surface area contributed by atoms with Crippen molar-refractivity contribution in [2.24, 2.45) is 5.92 Å². The van der Waals surface area contributed by atoms with Gasteiger partial charge in [-0.05, 0) is 30.5 Å². The van der Waals surface area contributed by atoms with Crippen molar-refractivity contribution in [3.05, 3.63) is 35.1 Å². The Hall–Kier alpha value is -1.11. The van der Waals surface area contributed by atoms with Crippen LogP contribution in [0.25, 0.3) is 0 Å². The first-order valence-electron chi connectivity index (χ1n) is 8.84. The lowest BCUT2D eigenvalue weighted by molar-refractivity contribution is -0.368. The number of hydrogen-bond donors (Lipinski definition) is 1. The van der Waals surface area contributed by atoms with Crippen LogP contribution in [0.4, 0.5) is 13.2 Å². The second-order valence-corrected chi connectivity index (χ2v) is 6.37. The molecule has 1 unspecified atom stereocenters. The third-order valence-corrected chi connectivity index (χ3v) is 4.53. The number of aliphatic hydroxyl groups is 1. The minimum absolute atomic E-state index is 0.112. The normalized spacial score (nSPS) is 13.2. The van der Waals surface area contributed by atoms with E-state index in [1.165, 1.54) is 20.6 Å². The van der Waals surface area contributed by atoms with E-state index < -0.39 is 29.3 Å². The zero-order chi connectivity index (χ0) is 18.9. The molecule has 6 heteroatoms. The molecule has 0 amide bonds. The second kappa shape index (κ2) is 10.8. The quantitative estimate of drug-likeness (QED) is 0.325. The lowest BCUT2D eigenvalue weighted by Crippen LogP contribution is -2.43. The van der Waals surface area contributed by atoms with E-state index in [9.17, 15) is 18.3 Å². The predicted octanol–water partition coefficient (Wildman–Crippen LogP) is 4.95. The molecule has 0 bridgehead atoms. The van der Waals surface area contributed by atoms with Crippen LogP contribution in [0.5, 0.6) is 0 Å². The summed E-state index contributed by atoms with van der Waals surface area (Å²) in [7, 11) is 2.62. The fourth-order valence-electron chi connectivity index (χ4n) is 3.01. The molecule has 25 heavy (non-hydrogen) atoms. The largest absolute Gasteiger partial charge is 0.343 e. The topological polar surface area (TPSA) is 38.7 Å². The third-order valence-electron chi connectivity index (χ3n) is 4.53. The van der Waals surface area contributed by atoms with Gasteiger partial charge in [0, 0.05) is 20.1 Å². The van der Waals surface area contributed by atoms with Crippen molar-refractivity contribution in [1.82, 2.24) is 0 Å². The highest BCUT2D eigenvalue weighted by Gasteiger charge is 2.37. The van der Waals surface area contributed by atoms with Crippen molar-refractivity contribution in [1.29, 1.82) is 0 Å². The first-order chi connectivity index (χ1) is 11.9.